The van der Waals surface area contributed by atoms with Gasteiger partial charge in [0.1, 0.15) is 61.9 Å². The maximum Gasteiger partial charge on any atom is 0.341 e. The first-order valence-corrected chi connectivity index (χ1v) is 39.5. The highest BCUT2D eigenvalue weighted by Gasteiger charge is 2.32. The molecule has 10 rings (SSSR count). The van der Waals surface area contributed by atoms with E-state index in [-0.39, 0.29) is 159 Å². The van der Waals surface area contributed by atoms with Crippen molar-refractivity contribution in [2.45, 2.75) is 19.6 Å². The molecule has 3 aromatic heterocycles. The number of thiocarbonyl (C=S) groups is 1. The third kappa shape index (κ3) is 23.9. The van der Waals surface area contributed by atoms with Crippen LogP contribution in [0.3, 0.4) is 0 Å². The number of nitrogens with zero attached hydrogens (tertiary/aromatic N) is 7. The fourth-order valence-electron chi connectivity index (χ4n) is 11.2. The Morgan fingerprint density at radius 2 is 0.623 bits per heavy atom. The first-order chi connectivity index (χ1) is 54.6. The Kier molecular flexibility index (Phi) is 28.7. The monoisotopic (exact) mass is 1620 g/mol. The molecule has 0 radical (unpaired) electrons. The molecule has 1 fully saturated rings. The van der Waals surface area contributed by atoms with Gasteiger partial charge in [-0.15, -0.1) is 0 Å². The molecule has 35 heteroatoms. The molecule has 1 aliphatic rings. The van der Waals surface area contributed by atoms with Crippen molar-refractivity contribution < 1.29 is 116 Å². The van der Waals surface area contributed by atoms with E-state index in [0.29, 0.717) is 22.5 Å². The van der Waals surface area contributed by atoms with Gasteiger partial charge in [-0.25, -0.2) is 43.7 Å². The highest BCUT2D eigenvalue weighted by atomic mass is 32.1. The second kappa shape index (κ2) is 39.0. The van der Waals surface area contributed by atoms with Crippen LogP contribution in [-0.2, 0) is 62.1 Å². The van der Waals surface area contributed by atoms with Crippen molar-refractivity contribution in [3.05, 3.63) is 226 Å². The quantitative estimate of drug-likeness (QED) is 0.0118. The lowest BCUT2D eigenvalue weighted by Gasteiger charge is -2.26. The van der Waals surface area contributed by atoms with Gasteiger partial charge < -0.3 is 73.7 Å². The second-order valence-corrected chi connectivity index (χ2v) is 31.4. The summed E-state index contributed by atoms with van der Waals surface area (Å²) in [6.07, 6.45) is 0. The Hall–Kier alpha value is -12.7. The predicted molar refractivity (Wildman–Crippen MR) is 416 cm³/mol. The van der Waals surface area contributed by atoms with Gasteiger partial charge in [0.25, 0.3) is 22.1 Å². The van der Waals surface area contributed by atoms with Crippen LogP contribution in [0, 0.1) is 35.5 Å². The Labute approximate surface area is 655 Å². The molecule has 9 aromatic rings. The molecule has 0 aliphatic carbocycles. The van der Waals surface area contributed by atoms with Gasteiger partial charge in [-0.3, -0.25) is 28.4 Å². The number of carbonyl (C=O) groups is 6. The largest absolute Gasteiger partial charge is 0.482 e. The van der Waals surface area contributed by atoms with E-state index in [1.54, 1.807) is 84.9 Å². The number of pyridine rings is 3. The molecule has 114 heavy (non-hydrogen) atoms. The Morgan fingerprint density at radius 1 is 0.360 bits per heavy atom. The van der Waals surface area contributed by atoms with E-state index in [2.05, 4.69) is 45.7 Å². The van der Waals surface area contributed by atoms with Crippen LogP contribution in [0.5, 0.6) is 34.5 Å². The zero-order valence-corrected chi connectivity index (χ0v) is 63.4. The fraction of sp³-hybridized carbons (Fsp3) is 0.190. The van der Waals surface area contributed by atoms with Gasteiger partial charge in [0.05, 0.1) is 27.9 Å². The van der Waals surface area contributed by atoms with Gasteiger partial charge in [0.2, 0.25) is 0 Å². The van der Waals surface area contributed by atoms with E-state index in [1.807, 2.05) is 14.7 Å². The number of carboxylic acid groups (broad SMARTS) is 6. The number of aromatic nitrogens is 3. The third-order valence-electron chi connectivity index (χ3n) is 16.5. The minimum absolute atomic E-state index is 0.0102. The summed E-state index contributed by atoms with van der Waals surface area (Å²) in [6, 6.07) is 43.3. The summed E-state index contributed by atoms with van der Waals surface area (Å²) < 4.78 is 77.4. The average molecular weight is 1620 g/mol. The lowest BCUT2D eigenvalue weighted by Crippen LogP contribution is -2.36. The van der Waals surface area contributed by atoms with E-state index >= 15 is 0 Å². The summed E-state index contributed by atoms with van der Waals surface area (Å²) in [5, 5.41) is 59.9. The first kappa shape index (κ1) is 83.8. The smallest absolute Gasteiger partial charge is 0.341 e. The number of hydrogen-bond donors (Lipinski definition) is 9. The van der Waals surface area contributed by atoms with Crippen molar-refractivity contribution in [2.75, 3.05) is 78.9 Å². The molecule has 0 spiro atoms. The SMILES string of the molecule is O=C(O)COc1cc(OCC(=O)O)c(C#Cc2cc(CN3CCN(Cc4cc(C#Cc5ccc(N=C=S)cc5)cc(P(=O)(O)c5ccccc5)n4)CCN(Cc4cc(C#Cc5c(OCC(=O)O)cc(OCC(=O)O)cc5OCC(=O)O)cc(P(=O)(O)c5ccccc5)n4)CC3)nc(P(=O)(O)c3ccccc3)c2)c(OCC(=O)O)c1. The van der Waals surface area contributed by atoms with Gasteiger partial charge in [-0.1, -0.05) is 90.1 Å². The second-order valence-electron chi connectivity index (χ2n) is 24.9. The highest BCUT2D eigenvalue weighted by Crippen LogP contribution is 2.41. The van der Waals surface area contributed by atoms with Crippen LogP contribution in [-0.4, -0.2) is 195 Å². The topological polar surface area (TPSA) is 452 Å². The lowest BCUT2D eigenvalue weighted by atomic mass is 10.1. The van der Waals surface area contributed by atoms with Crippen molar-refractivity contribution in [2.24, 2.45) is 4.99 Å². The zero-order chi connectivity index (χ0) is 81.5. The van der Waals surface area contributed by atoms with Crippen molar-refractivity contribution in [1.82, 2.24) is 29.7 Å². The van der Waals surface area contributed by atoms with Crippen molar-refractivity contribution in [1.29, 1.82) is 0 Å². The van der Waals surface area contributed by atoms with Crippen LogP contribution in [0.15, 0.2) is 181 Å². The van der Waals surface area contributed by atoms with Crippen LogP contribution in [0.1, 0.15) is 50.5 Å². The van der Waals surface area contributed by atoms with Crippen LogP contribution < -0.4 is 60.6 Å². The molecular formula is C79H68N7O24P3S. The van der Waals surface area contributed by atoms with Crippen LogP contribution >= 0.6 is 34.3 Å². The number of carboxylic acids is 6. The Morgan fingerprint density at radius 3 is 0.895 bits per heavy atom. The van der Waals surface area contributed by atoms with Gasteiger partial charge in [-0.2, -0.15) is 4.99 Å². The van der Waals surface area contributed by atoms with E-state index in [0.717, 1.165) is 24.3 Å². The summed E-state index contributed by atoms with van der Waals surface area (Å²) in [6.45, 7) is -4.56. The number of aliphatic carboxylic acids is 6. The Balaban J connectivity index is 1.10. The van der Waals surface area contributed by atoms with E-state index in [1.165, 1.54) is 66.7 Å². The fourth-order valence-corrected chi connectivity index (χ4v) is 15.6. The summed E-state index contributed by atoms with van der Waals surface area (Å²) >= 11 is 4.78. The van der Waals surface area contributed by atoms with E-state index in [9.17, 15) is 87.8 Å². The Bertz CT molecular complexity index is 5210. The number of benzene rings is 6. The van der Waals surface area contributed by atoms with Gasteiger partial charge in [0, 0.05) is 121 Å². The molecule has 3 atom stereocenters. The molecular weight excluding hydrogens is 1560 g/mol. The summed E-state index contributed by atoms with van der Waals surface area (Å²) in [7, 11) is -13.7. The minimum atomic E-state index is -4.62. The maximum atomic E-state index is 14.9. The molecule has 584 valence electrons. The lowest BCUT2D eigenvalue weighted by molar-refractivity contribution is -0.140. The number of isothiocyanates is 1. The molecule has 4 heterocycles. The number of aliphatic imine (C=N–C) groups is 1. The molecule has 3 unspecified atom stereocenters. The molecule has 31 nitrogen and oxygen atoms in total. The van der Waals surface area contributed by atoms with Gasteiger partial charge >= 0.3 is 35.8 Å². The number of ether oxygens (including phenoxy) is 6. The average Bonchev–Trinajstić information content (AvgIpc) is 0.830. The number of rotatable bonds is 31. The summed E-state index contributed by atoms with van der Waals surface area (Å²) in [5.41, 5.74) is 0.917. The molecule has 1 saturated heterocycles. The van der Waals surface area contributed by atoms with Crippen molar-refractivity contribution in [3.8, 4) is 70.0 Å². The van der Waals surface area contributed by atoms with Crippen LogP contribution in [0.25, 0.3) is 0 Å². The molecule has 1 aliphatic heterocycles. The minimum Gasteiger partial charge on any atom is -0.482 e. The van der Waals surface area contributed by atoms with E-state index in [4.69, 9.17) is 55.6 Å². The van der Waals surface area contributed by atoms with E-state index < -0.39 is 97.6 Å². The van der Waals surface area contributed by atoms with Gasteiger partial charge in [0.15, 0.2) is 39.6 Å². The molecule has 9 N–H and O–H groups in total. The van der Waals surface area contributed by atoms with Crippen LogP contribution in [0.2, 0.25) is 0 Å². The van der Waals surface area contributed by atoms with Crippen molar-refractivity contribution >= 4 is 113 Å². The highest BCUT2D eigenvalue weighted by molar-refractivity contribution is 7.78. The standard InChI is InChI=1S/C79H68N7O24P3S/c87-74(88)45-105-60-38-67(107-47-76(91)92)65(68(39-60)108-48-77(93)94)24-20-54-33-58(82-72(36-54)112(101,102)63-12-6-2-7-13-63)43-85-28-26-84(42-57-32-53(17-16-52-18-22-56(23-19-52)80-51-114)35-71(81-57)111(99,100)62-10-4-1-5-11-62)27-29-86(31-30-85)44-59-34-55(37-73(83-59)113(103,104)64-14-8-3-9-15-64)21-25-66-69(109-49-78(95)96)40-61(106-46-75(89)90)41-70(66)110-50-79(97)98/h1-15,18-19,22-23,32-41H,26-31,42-50H2,(H,87,88)(H,89,90)(H,91,92)(H,93,94)(H,95,96)(H,97,98)(H,99,100)(H,101,102)(H,103,104). The van der Waals surface area contributed by atoms with Crippen LogP contribution in [0.4, 0.5) is 5.69 Å². The number of hydrogen-bond acceptors (Lipinski definition) is 23. The third-order valence-corrected chi connectivity index (χ3v) is 22.1. The molecule has 0 bridgehead atoms. The first-order valence-electron chi connectivity index (χ1n) is 34.1. The summed E-state index contributed by atoms with van der Waals surface area (Å²) in [4.78, 5) is 131. The normalized spacial score (nSPS) is 13.9. The molecule has 0 saturated carbocycles. The van der Waals surface area contributed by atoms with Gasteiger partial charge in [-0.05, 0) is 109 Å². The zero-order valence-electron chi connectivity index (χ0n) is 59.9. The molecule has 0 amide bonds. The molecule has 6 aromatic carbocycles. The predicted octanol–water partition coefficient (Wildman–Crippen LogP) is 5.07. The van der Waals surface area contributed by atoms with Crippen molar-refractivity contribution in [3.63, 3.8) is 0 Å². The summed E-state index contributed by atoms with van der Waals surface area (Å²) in [5.74, 6) is 7.41. The maximum absolute atomic E-state index is 14.9.